The van der Waals surface area contributed by atoms with Crippen molar-refractivity contribution < 1.29 is 29.3 Å². The normalized spacial score (nSPS) is 11.3. The van der Waals surface area contributed by atoms with E-state index in [-0.39, 0.29) is 0 Å². The van der Waals surface area contributed by atoms with Gasteiger partial charge in [-0.15, -0.1) is 0 Å². The zero-order valence-corrected chi connectivity index (χ0v) is 18.0. The van der Waals surface area contributed by atoms with Crippen molar-refractivity contribution >= 4 is 24.1 Å². The molecule has 0 spiro atoms. The van der Waals surface area contributed by atoms with Crippen LogP contribution in [-0.4, -0.2) is 25.2 Å². The quantitative estimate of drug-likeness (QED) is 0.303. The Balaban J connectivity index is 3.10. The third kappa shape index (κ3) is 10.7. The molecule has 30 heavy (non-hydrogen) atoms. The van der Waals surface area contributed by atoms with Crippen LogP contribution in [0, 0.1) is 0 Å². The second kappa shape index (κ2) is 15.1. The highest BCUT2D eigenvalue weighted by atomic mass is 16.5. The lowest BCUT2D eigenvalue weighted by Crippen LogP contribution is -2.18. The Morgan fingerprint density at radius 1 is 0.733 bits per heavy atom. The lowest BCUT2D eigenvalue weighted by atomic mass is 10.1. The molecule has 0 aliphatic carbocycles. The summed E-state index contributed by atoms with van der Waals surface area (Å²) in [6.07, 6.45) is 12.9. The van der Waals surface area contributed by atoms with E-state index in [2.05, 4.69) is 13.8 Å². The molecular weight excluding hydrogens is 384 g/mol. The van der Waals surface area contributed by atoms with Gasteiger partial charge in [-0.25, -0.2) is 0 Å². The molecule has 0 amide bonds. The topological polar surface area (TPSA) is 98.7 Å². The standard InChI is InChI=1S/C24H34O6/c1-3-5-7-9-15-29-21-17-20(12-14-24(27)28)22(30-16-10-8-6-4-2)18-19(21)11-13-23(25)26/h11-14,17-18H,3-10,15-16H2,1-2H3,(H,25,26)(H,27,28)/p-2/b13-11+,14-12+. The van der Waals surface area contributed by atoms with E-state index in [1.165, 1.54) is 12.2 Å². The van der Waals surface area contributed by atoms with Crippen molar-refractivity contribution in [1.82, 2.24) is 0 Å². The van der Waals surface area contributed by atoms with Gasteiger partial charge in [0.2, 0.25) is 0 Å². The van der Waals surface area contributed by atoms with Crippen LogP contribution < -0.4 is 19.7 Å². The minimum absolute atomic E-state index is 0.459. The SMILES string of the molecule is CCCCCCOc1cc(/C=C/C(=O)[O-])c(OCCCCCC)cc1/C=C/C(=O)[O-]. The molecular formula is C24H32O6-2. The van der Waals surface area contributed by atoms with Crippen molar-refractivity contribution in [2.45, 2.75) is 65.2 Å². The summed E-state index contributed by atoms with van der Waals surface area (Å²) in [6.45, 7) is 5.21. The van der Waals surface area contributed by atoms with Gasteiger partial charge in [0.05, 0.1) is 25.2 Å². The summed E-state index contributed by atoms with van der Waals surface area (Å²) in [4.78, 5) is 21.7. The highest BCUT2D eigenvalue weighted by molar-refractivity contribution is 5.86. The Morgan fingerprint density at radius 3 is 1.47 bits per heavy atom. The van der Waals surface area contributed by atoms with Crippen molar-refractivity contribution in [2.24, 2.45) is 0 Å². The smallest absolute Gasteiger partial charge is 0.127 e. The fourth-order valence-corrected chi connectivity index (χ4v) is 2.84. The third-order valence-electron chi connectivity index (χ3n) is 4.45. The molecule has 6 heteroatoms. The van der Waals surface area contributed by atoms with Crippen LogP contribution >= 0.6 is 0 Å². The van der Waals surface area contributed by atoms with E-state index < -0.39 is 11.9 Å². The number of carboxylic acids is 2. The van der Waals surface area contributed by atoms with Gasteiger partial charge in [0.15, 0.2) is 0 Å². The predicted octanol–water partition coefficient (Wildman–Crippen LogP) is 3.13. The van der Waals surface area contributed by atoms with Gasteiger partial charge in [0.25, 0.3) is 0 Å². The molecule has 0 aliphatic heterocycles. The Hall–Kier alpha value is -2.76. The molecule has 0 heterocycles. The fourth-order valence-electron chi connectivity index (χ4n) is 2.84. The molecule has 1 aromatic carbocycles. The van der Waals surface area contributed by atoms with Crippen molar-refractivity contribution in [1.29, 1.82) is 0 Å². The number of hydrogen-bond donors (Lipinski definition) is 0. The molecule has 0 radical (unpaired) electrons. The summed E-state index contributed by atoms with van der Waals surface area (Å²) in [7, 11) is 0. The van der Waals surface area contributed by atoms with Crippen LogP contribution in [-0.2, 0) is 9.59 Å². The molecule has 0 saturated carbocycles. The van der Waals surface area contributed by atoms with Crippen LogP contribution in [0.25, 0.3) is 12.2 Å². The van der Waals surface area contributed by atoms with Crippen molar-refractivity contribution in [3.63, 3.8) is 0 Å². The second-order valence-electron chi connectivity index (χ2n) is 7.05. The minimum atomic E-state index is -1.31. The van der Waals surface area contributed by atoms with E-state index in [1.54, 1.807) is 12.1 Å². The molecule has 0 N–H and O–H groups in total. The molecule has 0 aliphatic rings. The molecule has 6 nitrogen and oxygen atoms in total. The lowest BCUT2D eigenvalue weighted by Gasteiger charge is -2.15. The van der Waals surface area contributed by atoms with Crippen LogP contribution in [0.2, 0.25) is 0 Å². The van der Waals surface area contributed by atoms with Gasteiger partial charge in [0.1, 0.15) is 11.5 Å². The van der Waals surface area contributed by atoms with Crippen LogP contribution in [0.15, 0.2) is 24.3 Å². The highest BCUT2D eigenvalue weighted by Crippen LogP contribution is 2.32. The van der Waals surface area contributed by atoms with Gasteiger partial charge in [-0.2, -0.15) is 0 Å². The first-order valence-electron chi connectivity index (χ1n) is 10.7. The maximum atomic E-state index is 10.9. The van der Waals surface area contributed by atoms with Crippen molar-refractivity contribution in [2.75, 3.05) is 13.2 Å². The number of benzene rings is 1. The summed E-state index contributed by atoms with van der Waals surface area (Å²) >= 11 is 0. The van der Waals surface area contributed by atoms with Crippen LogP contribution in [0.5, 0.6) is 11.5 Å². The second-order valence-corrected chi connectivity index (χ2v) is 7.05. The lowest BCUT2D eigenvalue weighted by molar-refractivity contribution is -0.298. The Labute approximate surface area is 179 Å². The first kappa shape index (κ1) is 25.3. The number of carbonyl (C=O) groups excluding carboxylic acids is 2. The van der Waals surface area contributed by atoms with Gasteiger partial charge in [0, 0.05) is 11.1 Å². The van der Waals surface area contributed by atoms with E-state index >= 15 is 0 Å². The minimum Gasteiger partial charge on any atom is -0.545 e. The van der Waals surface area contributed by atoms with Gasteiger partial charge < -0.3 is 29.3 Å². The highest BCUT2D eigenvalue weighted by Gasteiger charge is 2.10. The van der Waals surface area contributed by atoms with Crippen LogP contribution in [0.1, 0.15) is 76.3 Å². The maximum Gasteiger partial charge on any atom is 0.127 e. The van der Waals surface area contributed by atoms with Crippen molar-refractivity contribution in [3.05, 3.63) is 35.4 Å². The number of ether oxygens (including phenoxy) is 2. The number of rotatable bonds is 16. The van der Waals surface area contributed by atoms with Crippen molar-refractivity contribution in [3.8, 4) is 11.5 Å². The molecule has 0 unspecified atom stereocenters. The number of hydrogen-bond acceptors (Lipinski definition) is 6. The number of carboxylic acid groups (broad SMARTS) is 2. The van der Waals surface area contributed by atoms with Crippen LogP contribution in [0.3, 0.4) is 0 Å². The Kier molecular flexibility index (Phi) is 12.7. The van der Waals surface area contributed by atoms with E-state index in [9.17, 15) is 19.8 Å². The molecule has 1 aromatic rings. The number of aliphatic carboxylic acids is 2. The predicted molar refractivity (Wildman–Crippen MR) is 114 cm³/mol. The Morgan fingerprint density at radius 2 is 1.13 bits per heavy atom. The molecule has 0 fully saturated rings. The zero-order valence-electron chi connectivity index (χ0n) is 18.0. The fraction of sp³-hybridized carbons (Fsp3) is 0.500. The van der Waals surface area contributed by atoms with E-state index in [4.69, 9.17) is 9.47 Å². The first-order chi connectivity index (χ1) is 14.5. The average molecular weight is 417 g/mol. The molecule has 0 atom stereocenters. The maximum absolute atomic E-state index is 10.9. The Bertz CT molecular complexity index is 659. The largest absolute Gasteiger partial charge is 0.545 e. The summed E-state index contributed by atoms with van der Waals surface area (Å²) < 4.78 is 11.7. The molecule has 1 rings (SSSR count). The van der Waals surface area contributed by atoms with E-state index in [0.717, 1.165) is 63.5 Å². The average Bonchev–Trinajstić information content (AvgIpc) is 2.71. The van der Waals surface area contributed by atoms with E-state index in [0.29, 0.717) is 35.8 Å². The van der Waals surface area contributed by atoms with E-state index in [1.807, 2.05) is 0 Å². The van der Waals surface area contributed by atoms with Gasteiger partial charge in [-0.3, -0.25) is 0 Å². The van der Waals surface area contributed by atoms with Gasteiger partial charge in [-0.1, -0.05) is 52.4 Å². The molecule has 0 saturated heterocycles. The molecule has 0 bridgehead atoms. The van der Waals surface area contributed by atoms with Gasteiger partial charge >= 0.3 is 0 Å². The van der Waals surface area contributed by atoms with Gasteiger partial charge in [-0.05, 0) is 49.3 Å². The third-order valence-corrected chi connectivity index (χ3v) is 4.45. The summed E-state index contributed by atoms with van der Waals surface area (Å²) in [5, 5.41) is 21.7. The zero-order chi connectivity index (χ0) is 22.2. The first-order valence-corrected chi connectivity index (χ1v) is 10.7. The number of carbonyl (C=O) groups is 2. The summed E-state index contributed by atoms with van der Waals surface area (Å²) in [5.74, 6) is -1.71. The number of unbranched alkanes of at least 4 members (excludes halogenated alkanes) is 6. The van der Waals surface area contributed by atoms with Crippen LogP contribution in [0.4, 0.5) is 0 Å². The molecule has 166 valence electrons. The summed E-state index contributed by atoms with van der Waals surface area (Å²) in [6, 6.07) is 3.32. The summed E-state index contributed by atoms with van der Waals surface area (Å²) in [5.41, 5.74) is 1.06. The monoisotopic (exact) mass is 416 g/mol. The molecule has 0 aromatic heterocycles.